The minimum atomic E-state index is 0.106. The van der Waals surface area contributed by atoms with Crippen LogP contribution in [0, 0.1) is 64.6 Å². The second-order valence-corrected chi connectivity index (χ2v) is 19.2. The van der Waals surface area contributed by atoms with E-state index in [9.17, 15) is 0 Å². The van der Waals surface area contributed by atoms with Crippen LogP contribution in [-0.2, 0) is 0 Å². The molecule has 0 amide bonds. The number of allylic oxidation sites excluding steroid dienone is 19. The summed E-state index contributed by atoms with van der Waals surface area (Å²) < 4.78 is 0. The lowest BCUT2D eigenvalue weighted by molar-refractivity contribution is 0.0179. The van der Waals surface area contributed by atoms with Crippen LogP contribution in [0.25, 0.3) is 11.8 Å². The van der Waals surface area contributed by atoms with E-state index in [0.717, 1.165) is 19.3 Å². The van der Waals surface area contributed by atoms with Crippen molar-refractivity contribution in [3.63, 3.8) is 0 Å². The van der Waals surface area contributed by atoms with Crippen LogP contribution in [0.5, 0.6) is 0 Å². The molecule has 1 spiro atoms. The first-order valence-electron chi connectivity index (χ1n) is 22.8. The zero-order valence-electron chi connectivity index (χ0n) is 33.3. The lowest BCUT2D eigenvalue weighted by Crippen LogP contribution is -2.55. The summed E-state index contributed by atoms with van der Waals surface area (Å²) in [6.45, 7) is 0. The molecule has 0 heterocycles. The molecule has 1 N–H and O–H groups in total. The molecule has 0 bridgehead atoms. The third-order valence-corrected chi connectivity index (χ3v) is 16.9. The summed E-state index contributed by atoms with van der Waals surface area (Å²) in [4.78, 5) is 3.15. The van der Waals surface area contributed by atoms with E-state index in [0.29, 0.717) is 77.3 Å². The van der Waals surface area contributed by atoms with Crippen LogP contribution in [-0.4, -0.2) is 23.0 Å². The Balaban J connectivity index is 0.958. The molecule has 14 atom stereocenters. The summed E-state index contributed by atoms with van der Waals surface area (Å²) in [5.74, 6) is 5.44. The fraction of sp³-hybridized carbons (Fsp3) is 0.418. The molecular formula is C55H58N2. The average Bonchev–Trinajstić information content (AvgIpc) is 3.74. The maximum atomic E-state index is 4.06. The van der Waals surface area contributed by atoms with E-state index in [-0.39, 0.29) is 5.41 Å². The first-order chi connectivity index (χ1) is 28.3. The molecule has 12 rings (SSSR count). The highest BCUT2D eigenvalue weighted by Crippen LogP contribution is 2.74. The van der Waals surface area contributed by atoms with Crippen LogP contribution >= 0.6 is 0 Å². The van der Waals surface area contributed by atoms with E-state index >= 15 is 0 Å². The van der Waals surface area contributed by atoms with Gasteiger partial charge in [0.2, 0.25) is 0 Å². The Labute approximate surface area is 340 Å². The topological polar surface area (TPSA) is 15.3 Å². The Morgan fingerprint density at radius 1 is 0.649 bits per heavy atom. The zero-order chi connectivity index (χ0) is 37.5. The number of fused-ring (bicyclic) bond motifs is 13. The molecule has 13 unspecified atom stereocenters. The zero-order valence-corrected chi connectivity index (χ0v) is 33.3. The Bertz CT molecular complexity index is 2330. The first-order valence-corrected chi connectivity index (χ1v) is 22.8. The molecule has 1 aromatic carbocycles. The second-order valence-electron chi connectivity index (χ2n) is 19.2. The molecule has 57 heavy (non-hydrogen) atoms. The van der Waals surface area contributed by atoms with Crippen LogP contribution in [0.4, 0.5) is 0 Å². The molecule has 0 aliphatic heterocycles. The molecule has 1 aromatic rings. The highest BCUT2D eigenvalue weighted by atomic mass is 15.2. The highest BCUT2D eigenvalue weighted by molar-refractivity contribution is 5.54. The molecule has 0 radical (unpaired) electrons. The lowest BCUT2D eigenvalue weighted by atomic mass is 9.56. The van der Waals surface area contributed by atoms with Gasteiger partial charge in [0.15, 0.2) is 0 Å². The van der Waals surface area contributed by atoms with Crippen molar-refractivity contribution >= 4 is 11.8 Å². The van der Waals surface area contributed by atoms with Crippen LogP contribution in [0.1, 0.15) is 57.8 Å². The predicted octanol–water partition coefficient (Wildman–Crippen LogP) is 10.1. The maximum Gasteiger partial charge on any atom is 0.0341 e. The van der Waals surface area contributed by atoms with Gasteiger partial charge in [-0.05, 0) is 133 Å². The average molecular weight is 747 g/mol. The minimum Gasteiger partial charge on any atom is -0.359 e. The molecule has 2 nitrogen and oxygen atoms in total. The summed E-state index contributed by atoms with van der Waals surface area (Å²) in [7, 11) is 0. The van der Waals surface area contributed by atoms with E-state index in [4.69, 9.17) is 0 Å². The Morgan fingerprint density at radius 2 is 1.49 bits per heavy atom. The third kappa shape index (κ3) is 5.31. The number of hydrogen-bond donors (Lipinski definition) is 1. The van der Waals surface area contributed by atoms with Crippen molar-refractivity contribution in [2.45, 2.75) is 75.9 Å². The maximum absolute atomic E-state index is 4.06. The number of nitrogens with one attached hydrogen (secondary N) is 1. The quantitative estimate of drug-likeness (QED) is 0.302. The highest BCUT2D eigenvalue weighted by Gasteiger charge is 2.71. The monoisotopic (exact) mass is 746 g/mol. The van der Waals surface area contributed by atoms with Gasteiger partial charge in [-0.3, -0.25) is 4.90 Å². The van der Waals surface area contributed by atoms with E-state index in [1.165, 1.54) is 60.4 Å². The van der Waals surface area contributed by atoms with Crippen LogP contribution in [0.2, 0.25) is 0 Å². The number of hydrogen-bond acceptors (Lipinski definition) is 2. The van der Waals surface area contributed by atoms with Gasteiger partial charge in [0.1, 0.15) is 0 Å². The van der Waals surface area contributed by atoms with Gasteiger partial charge >= 0.3 is 0 Å². The summed E-state index contributed by atoms with van der Waals surface area (Å²) in [6, 6.07) is 10.5. The summed E-state index contributed by atoms with van der Waals surface area (Å²) in [6.07, 6.45) is 66.4. The van der Waals surface area contributed by atoms with E-state index in [1.54, 1.807) is 5.57 Å². The molecule has 0 saturated heterocycles. The van der Waals surface area contributed by atoms with E-state index < -0.39 is 0 Å². The number of rotatable bonds is 5. The molecule has 11 aliphatic rings. The standard InChI is InChI=1S/C55H58N2/c1-2-17-40(18-3-1)57(41-32-30-38-29-28-37-15-4-6-19-42(37)47(38)35-41)53-27-13-25-50-54(53)46-22-9-11-24-49(46)55(50)48-23-10-8-21-44(48)45-33-31-39(34-51(45)55)56-52-26-12-16-36-14-5-7-20-43(36)52/h1-5,7-11,13-17,20-25,28-29,31,33-34,37,40-42,44-46,48-51,53-54,56H,6,12,18-19,26-27,30,32,35H2/t37-,40?,41?,42?,44?,45?,46?,48?,49?,50?,51?,53?,54?,55?/m1/s1. The van der Waals surface area contributed by atoms with Gasteiger partial charge in [-0.1, -0.05) is 157 Å². The third-order valence-electron chi connectivity index (χ3n) is 16.9. The van der Waals surface area contributed by atoms with Gasteiger partial charge in [-0.25, -0.2) is 0 Å². The number of benzene rings is 1. The summed E-state index contributed by atoms with van der Waals surface area (Å²) in [5, 5.41) is 6.81. The Kier molecular flexibility index (Phi) is 8.42. The second kappa shape index (κ2) is 13.9. The smallest absolute Gasteiger partial charge is 0.0341 e. The number of nitrogens with zero attached hydrogens (tertiary/aromatic N) is 1. The Morgan fingerprint density at radius 3 is 2.40 bits per heavy atom. The van der Waals surface area contributed by atoms with Crippen molar-refractivity contribution in [2.24, 2.45) is 64.6 Å². The van der Waals surface area contributed by atoms with Crippen LogP contribution < -0.4 is 15.8 Å². The first kappa shape index (κ1) is 34.6. The van der Waals surface area contributed by atoms with Crippen molar-refractivity contribution in [1.29, 1.82) is 0 Å². The van der Waals surface area contributed by atoms with Crippen molar-refractivity contribution in [2.75, 3.05) is 0 Å². The van der Waals surface area contributed by atoms with Gasteiger partial charge in [-0.2, -0.15) is 0 Å². The lowest BCUT2D eigenvalue weighted by Gasteiger charge is -2.52. The largest absolute Gasteiger partial charge is 0.359 e. The van der Waals surface area contributed by atoms with E-state index in [1.807, 2.05) is 5.57 Å². The van der Waals surface area contributed by atoms with E-state index in [2.05, 4.69) is 168 Å². The molecule has 2 fully saturated rings. The van der Waals surface area contributed by atoms with Gasteiger partial charge in [0, 0.05) is 40.7 Å². The summed E-state index contributed by atoms with van der Waals surface area (Å²) >= 11 is 0. The van der Waals surface area contributed by atoms with Gasteiger partial charge < -0.3 is 5.32 Å². The molecule has 2 saturated carbocycles. The fourth-order valence-corrected chi connectivity index (χ4v) is 15.0. The van der Waals surface area contributed by atoms with Gasteiger partial charge in [0.05, 0.1) is 0 Å². The Hall–Kier alpha value is -4.40. The van der Waals surface area contributed by atoms with Crippen molar-refractivity contribution in [1.82, 2.24) is 10.2 Å². The van der Waals surface area contributed by atoms with Crippen molar-refractivity contribution < 1.29 is 0 Å². The van der Waals surface area contributed by atoms with Crippen molar-refractivity contribution in [3.05, 3.63) is 179 Å². The predicted molar refractivity (Wildman–Crippen MR) is 235 cm³/mol. The molecule has 11 aliphatic carbocycles. The molecule has 2 heteroatoms. The summed E-state index contributed by atoms with van der Waals surface area (Å²) in [5.41, 5.74) is 6.29. The molecule has 0 aromatic heterocycles. The van der Waals surface area contributed by atoms with Crippen molar-refractivity contribution in [3.8, 4) is 0 Å². The SMILES string of the molecule is C1=CCC(N(C2CCC3=C(C2)C2CCC=C[C@@H]2C=C3)C2CC=CC3C2C2C=CC=CC2C32C3C=CC=CC3C3C=CC(NC4=c5ccccc5=CCC4)=CC32)C=C1. The van der Waals surface area contributed by atoms with Gasteiger partial charge in [0.25, 0.3) is 0 Å². The molecular weight excluding hydrogens is 689 g/mol. The minimum absolute atomic E-state index is 0.106. The normalized spacial score (nSPS) is 42.3. The molecule has 288 valence electrons. The fourth-order valence-electron chi connectivity index (χ4n) is 15.0. The van der Waals surface area contributed by atoms with Crippen LogP contribution in [0.15, 0.2) is 169 Å². The van der Waals surface area contributed by atoms with Crippen LogP contribution in [0.3, 0.4) is 0 Å². The van der Waals surface area contributed by atoms with Gasteiger partial charge in [-0.15, -0.1) is 0 Å².